The van der Waals surface area contributed by atoms with Gasteiger partial charge in [-0.2, -0.15) is 0 Å². The number of hydrogen-bond donors (Lipinski definition) is 6. The molecule has 0 bridgehead atoms. The maximum absolute atomic E-state index is 8.65. The van der Waals surface area contributed by atoms with Crippen LogP contribution in [0.2, 0.25) is 0 Å². The van der Waals surface area contributed by atoms with Crippen LogP contribution in [0.15, 0.2) is 24.3 Å². The highest BCUT2D eigenvalue weighted by atomic mass is 16.3. The van der Waals surface area contributed by atoms with E-state index in [1.165, 1.54) is 18.2 Å². The van der Waals surface area contributed by atoms with Crippen LogP contribution in [-0.4, -0.2) is 57.1 Å². The number of hydrogen-bond acceptors (Lipinski definition) is 6. The zero-order valence-corrected chi connectivity index (χ0v) is 9.32. The van der Waals surface area contributed by atoms with Crippen molar-refractivity contribution in [3.8, 4) is 11.5 Å². The van der Waals surface area contributed by atoms with Gasteiger partial charge in [0.1, 0.15) is 11.5 Å². The van der Waals surface area contributed by atoms with Crippen molar-refractivity contribution in [1.29, 1.82) is 0 Å². The summed E-state index contributed by atoms with van der Waals surface area (Å²) in [5, 5.41) is 51.3. The average Bonchev–Trinajstić information content (AvgIpc) is 2.33. The number of aliphatic hydroxyl groups excluding tert-OH is 4. The topological polar surface area (TPSA) is 121 Å². The Morgan fingerprint density at radius 2 is 1.12 bits per heavy atom. The van der Waals surface area contributed by atoms with E-state index in [2.05, 4.69) is 0 Å². The van der Waals surface area contributed by atoms with Crippen LogP contribution >= 0.6 is 0 Å². The molecule has 17 heavy (non-hydrogen) atoms. The molecule has 0 saturated carbocycles. The quantitative estimate of drug-likeness (QED) is 0.407. The van der Waals surface area contributed by atoms with Crippen molar-refractivity contribution >= 4 is 0 Å². The Bertz CT molecular complexity index is 276. The second-order valence-electron chi connectivity index (χ2n) is 3.65. The van der Waals surface area contributed by atoms with E-state index in [-0.39, 0.29) is 11.5 Å². The molecule has 0 aliphatic carbocycles. The minimum Gasteiger partial charge on any atom is -0.508 e. The first kappa shape index (κ1) is 15.7. The first-order chi connectivity index (χ1) is 8.03. The highest BCUT2D eigenvalue weighted by Gasteiger charge is 2.26. The predicted molar refractivity (Wildman–Crippen MR) is 60.5 cm³/mol. The molecule has 1 aromatic carbocycles. The van der Waals surface area contributed by atoms with Gasteiger partial charge < -0.3 is 30.6 Å². The monoisotopic (exact) mass is 246 g/mol. The number of phenolic OH excluding ortho intramolecular Hbond substituents is 2. The minimum atomic E-state index is -1.11. The molecule has 0 atom stereocenters. The Morgan fingerprint density at radius 3 is 1.24 bits per heavy atom. The van der Waals surface area contributed by atoms with Crippen molar-refractivity contribution < 1.29 is 30.6 Å². The van der Waals surface area contributed by atoms with Gasteiger partial charge in [0.05, 0.1) is 31.8 Å². The predicted octanol–water partition coefficient (Wildman–Crippen LogP) is -0.960. The highest BCUT2D eigenvalue weighted by Crippen LogP contribution is 2.14. The zero-order chi connectivity index (χ0) is 13.3. The first-order valence-electron chi connectivity index (χ1n) is 4.95. The molecule has 1 aromatic rings. The molecule has 0 heterocycles. The van der Waals surface area contributed by atoms with Crippen LogP contribution in [0.25, 0.3) is 0 Å². The third-order valence-electron chi connectivity index (χ3n) is 2.17. The second kappa shape index (κ2) is 7.86. The number of aromatic hydroxyl groups is 2. The second-order valence-corrected chi connectivity index (χ2v) is 3.65. The van der Waals surface area contributed by atoms with Gasteiger partial charge >= 0.3 is 0 Å². The molecular formula is C11H18O6. The summed E-state index contributed by atoms with van der Waals surface area (Å²) in [6.45, 7) is -1.62. The van der Waals surface area contributed by atoms with Crippen LogP contribution in [0, 0.1) is 5.41 Å². The number of aliphatic hydroxyl groups is 4. The van der Waals surface area contributed by atoms with Crippen molar-refractivity contribution in [2.75, 3.05) is 26.4 Å². The molecule has 6 nitrogen and oxygen atoms in total. The van der Waals surface area contributed by atoms with E-state index in [0.717, 1.165) is 0 Å². The lowest BCUT2D eigenvalue weighted by Crippen LogP contribution is -2.37. The number of rotatable bonds is 4. The van der Waals surface area contributed by atoms with Gasteiger partial charge in [-0.3, -0.25) is 0 Å². The summed E-state index contributed by atoms with van der Waals surface area (Å²) in [6.07, 6.45) is 0. The molecular weight excluding hydrogens is 228 g/mol. The molecule has 0 spiro atoms. The Labute approximate surface area is 99.0 Å². The smallest absolute Gasteiger partial charge is 0.119 e. The molecule has 0 radical (unpaired) electrons. The largest absolute Gasteiger partial charge is 0.508 e. The molecule has 6 heteroatoms. The van der Waals surface area contributed by atoms with Gasteiger partial charge in [0.25, 0.3) is 0 Å². The molecule has 0 aliphatic heterocycles. The normalized spacial score (nSPS) is 10.6. The van der Waals surface area contributed by atoms with Crippen LogP contribution in [-0.2, 0) is 0 Å². The van der Waals surface area contributed by atoms with Crippen LogP contribution in [0.3, 0.4) is 0 Å². The maximum atomic E-state index is 8.65. The zero-order valence-electron chi connectivity index (χ0n) is 9.32. The van der Waals surface area contributed by atoms with Gasteiger partial charge in [0, 0.05) is 6.07 Å². The van der Waals surface area contributed by atoms with Crippen molar-refractivity contribution in [2.24, 2.45) is 5.41 Å². The van der Waals surface area contributed by atoms with Crippen molar-refractivity contribution in [3.63, 3.8) is 0 Å². The van der Waals surface area contributed by atoms with Crippen LogP contribution < -0.4 is 0 Å². The lowest BCUT2D eigenvalue weighted by atomic mass is 9.93. The van der Waals surface area contributed by atoms with E-state index in [1.807, 2.05) is 0 Å². The van der Waals surface area contributed by atoms with Gasteiger partial charge in [-0.05, 0) is 12.1 Å². The maximum Gasteiger partial charge on any atom is 0.119 e. The van der Waals surface area contributed by atoms with Crippen molar-refractivity contribution in [1.82, 2.24) is 0 Å². The van der Waals surface area contributed by atoms with Crippen LogP contribution in [0.4, 0.5) is 0 Å². The molecule has 0 fully saturated rings. The average molecular weight is 246 g/mol. The summed E-state index contributed by atoms with van der Waals surface area (Å²) in [6, 6.07) is 5.85. The molecule has 0 unspecified atom stereocenters. The fraction of sp³-hybridized carbons (Fsp3) is 0.455. The fourth-order valence-corrected chi connectivity index (χ4v) is 0.793. The Morgan fingerprint density at radius 1 is 0.765 bits per heavy atom. The SMILES string of the molecule is OCC(CO)(CO)CO.Oc1cccc(O)c1. The minimum absolute atomic E-state index is 0.0880. The molecule has 6 N–H and O–H groups in total. The van der Waals surface area contributed by atoms with Crippen molar-refractivity contribution in [2.45, 2.75) is 0 Å². The molecule has 0 aliphatic rings. The fourth-order valence-electron chi connectivity index (χ4n) is 0.793. The standard InChI is InChI=1S/C6H6O2.C5H12O4/c7-5-2-1-3-6(8)4-5;6-1-5(2-7,3-8)4-9/h1-4,7-8H;6-9H,1-4H2. The summed E-state index contributed by atoms with van der Waals surface area (Å²) >= 11 is 0. The molecule has 0 amide bonds. The lowest BCUT2D eigenvalue weighted by molar-refractivity contribution is -0.0328. The Kier molecular flexibility index (Phi) is 7.24. The molecule has 98 valence electrons. The molecule has 0 aromatic heterocycles. The van der Waals surface area contributed by atoms with Gasteiger partial charge in [0.15, 0.2) is 0 Å². The number of phenols is 2. The molecule has 0 saturated heterocycles. The first-order valence-corrected chi connectivity index (χ1v) is 4.95. The number of benzene rings is 1. The van der Waals surface area contributed by atoms with Gasteiger partial charge in [-0.15, -0.1) is 0 Å². The van der Waals surface area contributed by atoms with E-state index in [9.17, 15) is 0 Å². The van der Waals surface area contributed by atoms with E-state index in [4.69, 9.17) is 30.6 Å². The van der Waals surface area contributed by atoms with E-state index in [1.54, 1.807) is 6.07 Å². The lowest BCUT2D eigenvalue weighted by Gasteiger charge is -2.23. The third kappa shape index (κ3) is 5.50. The van der Waals surface area contributed by atoms with Crippen LogP contribution in [0.5, 0.6) is 11.5 Å². The molecule has 1 rings (SSSR count). The summed E-state index contributed by atoms with van der Waals surface area (Å²) in [4.78, 5) is 0. The third-order valence-corrected chi connectivity index (χ3v) is 2.17. The summed E-state index contributed by atoms with van der Waals surface area (Å²) in [7, 11) is 0. The van der Waals surface area contributed by atoms with Gasteiger partial charge in [-0.1, -0.05) is 6.07 Å². The van der Waals surface area contributed by atoms with Crippen LogP contribution in [0.1, 0.15) is 0 Å². The highest BCUT2D eigenvalue weighted by molar-refractivity contribution is 5.30. The van der Waals surface area contributed by atoms with E-state index in [0.29, 0.717) is 0 Å². The van der Waals surface area contributed by atoms with Gasteiger partial charge in [-0.25, -0.2) is 0 Å². The summed E-state index contributed by atoms with van der Waals surface area (Å²) in [5.74, 6) is 0.176. The van der Waals surface area contributed by atoms with E-state index < -0.39 is 31.8 Å². The summed E-state index contributed by atoms with van der Waals surface area (Å²) < 4.78 is 0. The Hall–Kier alpha value is -1.34. The summed E-state index contributed by atoms with van der Waals surface area (Å²) in [5.41, 5.74) is -1.11. The Balaban J connectivity index is 0.000000302. The van der Waals surface area contributed by atoms with Gasteiger partial charge in [0.2, 0.25) is 0 Å². The van der Waals surface area contributed by atoms with Crippen molar-refractivity contribution in [3.05, 3.63) is 24.3 Å². The van der Waals surface area contributed by atoms with E-state index >= 15 is 0 Å².